The van der Waals surface area contributed by atoms with Crippen LogP contribution in [-0.2, 0) is 13.6 Å². The van der Waals surface area contributed by atoms with Crippen molar-refractivity contribution < 1.29 is 4.79 Å². The Morgan fingerprint density at radius 1 is 1.35 bits per heavy atom. The molecule has 0 fully saturated rings. The second-order valence-corrected chi connectivity index (χ2v) is 5.64. The van der Waals surface area contributed by atoms with Crippen molar-refractivity contribution in [1.82, 2.24) is 14.3 Å². The first-order valence-electron chi connectivity index (χ1n) is 6.32. The Kier molecular flexibility index (Phi) is 3.22. The molecule has 0 saturated carbocycles. The van der Waals surface area contributed by atoms with Crippen LogP contribution < -0.4 is 0 Å². The van der Waals surface area contributed by atoms with Gasteiger partial charge in [0.25, 0.3) is 0 Å². The lowest BCUT2D eigenvalue weighted by Crippen LogP contribution is -2.05. The van der Waals surface area contributed by atoms with Crippen LogP contribution >= 0.6 is 15.9 Å². The molecule has 3 aromatic rings. The van der Waals surface area contributed by atoms with Crippen molar-refractivity contribution in [2.24, 2.45) is 7.05 Å². The van der Waals surface area contributed by atoms with E-state index in [1.54, 1.807) is 0 Å². The number of hydrogen-bond acceptors (Lipinski definition) is 2. The van der Waals surface area contributed by atoms with Crippen LogP contribution in [0.15, 0.2) is 34.9 Å². The molecule has 0 N–H and O–H groups in total. The first kappa shape index (κ1) is 13.1. The summed E-state index contributed by atoms with van der Waals surface area (Å²) in [6.45, 7) is 2.72. The normalized spacial score (nSPS) is 11.2. The van der Waals surface area contributed by atoms with Gasteiger partial charge in [-0.15, -0.1) is 0 Å². The number of rotatable bonds is 3. The number of aldehydes is 1. The minimum absolute atomic E-state index is 0.702. The summed E-state index contributed by atoms with van der Waals surface area (Å²) in [5.74, 6) is 0. The number of benzene rings is 1. The topological polar surface area (TPSA) is 39.8 Å². The maximum absolute atomic E-state index is 10.8. The van der Waals surface area contributed by atoms with Gasteiger partial charge in [-0.3, -0.25) is 9.48 Å². The minimum Gasteiger partial charge on any atom is -0.341 e. The molecule has 102 valence electrons. The molecule has 0 atom stereocenters. The van der Waals surface area contributed by atoms with Crippen molar-refractivity contribution in [1.29, 1.82) is 0 Å². The molecule has 0 radical (unpaired) electrons. The van der Waals surface area contributed by atoms with Gasteiger partial charge in [0.1, 0.15) is 6.29 Å². The molecule has 0 saturated heterocycles. The Morgan fingerprint density at radius 2 is 2.15 bits per heavy atom. The number of hydrogen-bond donors (Lipinski definition) is 0. The van der Waals surface area contributed by atoms with E-state index in [1.807, 2.05) is 49.1 Å². The van der Waals surface area contributed by atoms with Gasteiger partial charge in [-0.05, 0) is 47.1 Å². The van der Waals surface area contributed by atoms with Crippen LogP contribution in [0, 0.1) is 6.92 Å². The van der Waals surface area contributed by atoms with Crippen LogP contribution in [0.1, 0.15) is 21.7 Å². The van der Waals surface area contributed by atoms with E-state index in [1.165, 1.54) is 0 Å². The first-order chi connectivity index (χ1) is 9.60. The third-order valence-corrected chi connectivity index (χ3v) is 4.54. The highest BCUT2D eigenvalue weighted by Crippen LogP contribution is 2.24. The van der Waals surface area contributed by atoms with Gasteiger partial charge in [0.15, 0.2) is 0 Å². The van der Waals surface area contributed by atoms with Gasteiger partial charge in [0.2, 0.25) is 0 Å². The number of aryl methyl sites for hydroxylation is 2. The summed E-state index contributed by atoms with van der Waals surface area (Å²) in [5.41, 5.74) is 3.93. The van der Waals surface area contributed by atoms with E-state index >= 15 is 0 Å². The summed E-state index contributed by atoms with van der Waals surface area (Å²) < 4.78 is 5.10. The summed E-state index contributed by atoms with van der Waals surface area (Å²) in [7, 11) is 1.95. The molecule has 0 aliphatic carbocycles. The molecule has 5 heteroatoms. The molecule has 0 aliphatic rings. The Labute approximate surface area is 125 Å². The fourth-order valence-corrected chi connectivity index (χ4v) is 2.90. The molecule has 0 aliphatic heterocycles. The standard InChI is InChI=1S/C15H14BrN3O/c1-10-15(16)14(18(2)17-10)8-19-6-5-12-7-11(9-20)3-4-13(12)19/h3-7,9H,8H2,1-2H3. The maximum Gasteiger partial charge on any atom is 0.150 e. The lowest BCUT2D eigenvalue weighted by molar-refractivity contribution is 0.112. The predicted molar refractivity (Wildman–Crippen MR) is 82.1 cm³/mol. The molecule has 20 heavy (non-hydrogen) atoms. The average molecular weight is 332 g/mol. The molecule has 0 bridgehead atoms. The summed E-state index contributed by atoms with van der Waals surface area (Å²) in [4.78, 5) is 10.8. The van der Waals surface area contributed by atoms with Crippen molar-refractivity contribution >= 4 is 33.1 Å². The second kappa shape index (κ2) is 4.90. The van der Waals surface area contributed by atoms with Crippen molar-refractivity contribution in [2.75, 3.05) is 0 Å². The van der Waals surface area contributed by atoms with E-state index in [0.29, 0.717) is 5.56 Å². The van der Waals surface area contributed by atoms with E-state index in [9.17, 15) is 4.79 Å². The molecule has 1 aromatic carbocycles. The molecule has 0 amide bonds. The van der Waals surface area contributed by atoms with Crippen LogP contribution in [0.25, 0.3) is 10.9 Å². The van der Waals surface area contributed by atoms with Crippen molar-refractivity contribution in [3.63, 3.8) is 0 Å². The number of fused-ring (bicyclic) bond motifs is 1. The van der Waals surface area contributed by atoms with Gasteiger partial charge in [-0.25, -0.2) is 0 Å². The summed E-state index contributed by atoms with van der Waals surface area (Å²) >= 11 is 3.59. The first-order valence-corrected chi connectivity index (χ1v) is 7.11. The van der Waals surface area contributed by atoms with Gasteiger partial charge < -0.3 is 4.57 Å². The average Bonchev–Trinajstić information content (AvgIpc) is 2.95. The fourth-order valence-electron chi connectivity index (χ4n) is 2.44. The summed E-state index contributed by atoms with van der Waals surface area (Å²) in [6.07, 6.45) is 2.91. The Morgan fingerprint density at radius 3 is 2.80 bits per heavy atom. The van der Waals surface area contributed by atoms with Crippen LogP contribution in [-0.4, -0.2) is 20.6 Å². The van der Waals surface area contributed by atoms with E-state index in [4.69, 9.17) is 0 Å². The Hall–Kier alpha value is -1.88. The van der Waals surface area contributed by atoms with Crippen molar-refractivity contribution in [3.8, 4) is 0 Å². The van der Waals surface area contributed by atoms with Gasteiger partial charge in [-0.1, -0.05) is 0 Å². The molecule has 0 unspecified atom stereocenters. The maximum atomic E-state index is 10.8. The summed E-state index contributed by atoms with van der Waals surface area (Å²) in [6, 6.07) is 7.76. The third kappa shape index (κ3) is 2.08. The van der Waals surface area contributed by atoms with Gasteiger partial charge >= 0.3 is 0 Å². The Bertz CT molecular complexity index is 801. The SMILES string of the molecule is Cc1nn(C)c(Cn2ccc3cc(C=O)ccc32)c1Br. The van der Waals surface area contributed by atoms with Crippen LogP contribution in [0.4, 0.5) is 0 Å². The molecule has 4 nitrogen and oxygen atoms in total. The second-order valence-electron chi connectivity index (χ2n) is 4.85. The molecular formula is C15H14BrN3O. The van der Waals surface area contributed by atoms with E-state index in [-0.39, 0.29) is 0 Å². The monoisotopic (exact) mass is 331 g/mol. The highest BCUT2D eigenvalue weighted by atomic mass is 79.9. The predicted octanol–water partition coefficient (Wildman–Crippen LogP) is 3.31. The summed E-state index contributed by atoms with van der Waals surface area (Å²) in [5, 5.41) is 5.48. The number of nitrogens with zero attached hydrogens (tertiary/aromatic N) is 3. The zero-order valence-corrected chi connectivity index (χ0v) is 12.9. The van der Waals surface area contributed by atoms with Gasteiger partial charge in [-0.2, -0.15) is 5.10 Å². The van der Waals surface area contributed by atoms with Gasteiger partial charge in [0, 0.05) is 29.7 Å². The zero-order chi connectivity index (χ0) is 14.3. The Balaban J connectivity index is 2.05. The largest absolute Gasteiger partial charge is 0.341 e. The minimum atomic E-state index is 0.702. The lowest BCUT2D eigenvalue weighted by Gasteiger charge is -2.07. The molecule has 0 spiro atoms. The highest BCUT2D eigenvalue weighted by Gasteiger charge is 2.12. The van der Waals surface area contributed by atoms with Crippen molar-refractivity contribution in [2.45, 2.75) is 13.5 Å². The van der Waals surface area contributed by atoms with Gasteiger partial charge in [0.05, 0.1) is 22.4 Å². The van der Waals surface area contributed by atoms with Crippen LogP contribution in [0.5, 0.6) is 0 Å². The number of carbonyl (C=O) groups is 1. The smallest absolute Gasteiger partial charge is 0.150 e. The third-order valence-electron chi connectivity index (χ3n) is 3.51. The number of halogens is 1. The molecular weight excluding hydrogens is 318 g/mol. The molecule has 2 heterocycles. The zero-order valence-electron chi connectivity index (χ0n) is 11.3. The number of aromatic nitrogens is 3. The molecule has 3 rings (SSSR count). The van der Waals surface area contributed by atoms with Crippen molar-refractivity contribution in [3.05, 3.63) is 51.9 Å². The van der Waals surface area contributed by atoms with E-state index < -0.39 is 0 Å². The van der Waals surface area contributed by atoms with Crippen LogP contribution in [0.2, 0.25) is 0 Å². The quantitative estimate of drug-likeness (QED) is 0.691. The van der Waals surface area contributed by atoms with Crippen LogP contribution in [0.3, 0.4) is 0 Å². The molecule has 2 aromatic heterocycles. The van der Waals surface area contributed by atoms with E-state index in [2.05, 4.69) is 25.6 Å². The highest BCUT2D eigenvalue weighted by molar-refractivity contribution is 9.10. The lowest BCUT2D eigenvalue weighted by atomic mass is 10.2. The van der Waals surface area contributed by atoms with E-state index in [0.717, 1.165) is 39.6 Å². The fraction of sp³-hybridized carbons (Fsp3) is 0.200. The number of carbonyl (C=O) groups excluding carboxylic acids is 1.